The van der Waals surface area contributed by atoms with E-state index in [0.717, 1.165) is 0 Å². The summed E-state index contributed by atoms with van der Waals surface area (Å²) >= 11 is 0. The Labute approximate surface area is 92.7 Å². The maximum absolute atomic E-state index is 12.5. The molecule has 0 saturated heterocycles. The number of nitrogens with zero attached hydrogens (tertiary/aromatic N) is 2. The fraction of sp³-hybridized carbons (Fsp3) is 0.333. The lowest BCUT2D eigenvalue weighted by atomic mass is 10.1. The lowest BCUT2D eigenvalue weighted by molar-refractivity contribution is -0.143. The molecule has 1 aromatic rings. The van der Waals surface area contributed by atoms with Crippen LogP contribution in [0.1, 0.15) is 23.2 Å². The van der Waals surface area contributed by atoms with Crippen molar-refractivity contribution in [2.75, 3.05) is 5.73 Å². The van der Waals surface area contributed by atoms with Crippen molar-refractivity contribution < 1.29 is 22.0 Å². The van der Waals surface area contributed by atoms with E-state index in [1.807, 2.05) is 0 Å². The van der Waals surface area contributed by atoms with Crippen LogP contribution in [0.2, 0.25) is 0 Å². The lowest BCUT2D eigenvalue weighted by Crippen LogP contribution is -2.15. The monoisotopic (exact) mass is 251 g/mol. The number of aromatic nitrogens is 1. The number of nitrogens with two attached hydrogens (primary N) is 1. The first kappa shape index (κ1) is 13.2. The molecule has 2 N–H and O–H groups in total. The minimum atomic E-state index is -5.01. The van der Waals surface area contributed by atoms with E-state index in [1.165, 1.54) is 0 Å². The Morgan fingerprint density at radius 3 is 2.41 bits per heavy atom. The van der Waals surface area contributed by atoms with Gasteiger partial charge in [-0.05, 0) is 0 Å². The molecule has 0 atom stereocenters. The Balaban J connectivity index is 3.46. The topological polar surface area (TPSA) is 62.7 Å². The number of hydrogen-bond donors (Lipinski definition) is 1. The fourth-order valence-electron chi connectivity index (χ4n) is 1.25. The third-order valence-corrected chi connectivity index (χ3v) is 2.00. The molecule has 92 valence electrons. The second-order valence-corrected chi connectivity index (χ2v) is 3.09. The van der Waals surface area contributed by atoms with E-state index in [-0.39, 0.29) is 12.0 Å². The van der Waals surface area contributed by atoms with E-state index >= 15 is 0 Å². The minimum absolute atomic E-state index is 0.143. The molecular weight excluding hydrogens is 245 g/mol. The molecule has 0 unspecified atom stereocenters. The van der Waals surface area contributed by atoms with E-state index in [0.29, 0.717) is 6.20 Å². The summed E-state index contributed by atoms with van der Waals surface area (Å²) in [6.45, 7) is 0. The molecule has 17 heavy (non-hydrogen) atoms. The van der Waals surface area contributed by atoms with Crippen LogP contribution in [-0.4, -0.2) is 4.98 Å². The molecular formula is C9H6F5N3. The first-order valence-electron chi connectivity index (χ1n) is 4.28. The predicted molar refractivity (Wildman–Crippen MR) is 47.9 cm³/mol. The normalized spacial score (nSPS) is 11.6. The lowest BCUT2D eigenvalue weighted by Gasteiger charge is -2.15. The molecule has 8 heteroatoms. The van der Waals surface area contributed by atoms with Crippen molar-refractivity contribution in [2.24, 2.45) is 0 Å². The summed E-state index contributed by atoms with van der Waals surface area (Å²) in [5.74, 6) is 0. The molecule has 0 aliphatic rings. The Morgan fingerprint density at radius 2 is 2.00 bits per heavy atom. The predicted octanol–water partition coefficient (Wildman–Crippen LogP) is 2.69. The first-order valence-corrected chi connectivity index (χ1v) is 4.28. The largest absolute Gasteiger partial charge is 0.433 e. The third kappa shape index (κ3) is 2.61. The van der Waals surface area contributed by atoms with Gasteiger partial charge in [-0.2, -0.15) is 18.4 Å². The molecule has 1 heterocycles. The van der Waals surface area contributed by atoms with Gasteiger partial charge in [0.2, 0.25) is 0 Å². The van der Waals surface area contributed by atoms with Crippen LogP contribution in [0.4, 0.5) is 27.6 Å². The molecule has 1 rings (SSSR count). The van der Waals surface area contributed by atoms with Crippen LogP contribution in [0.5, 0.6) is 0 Å². The average Bonchev–Trinajstić information content (AvgIpc) is 2.18. The van der Waals surface area contributed by atoms with Gasteiger partial charge >= 0.3 is 6.18 Å². The van der Waals surface area contributed by atoms with Crippen molar-refractivity contribution >= 4 is 5.69 Å². The van der Waals surface area contributed by atoms with E-state index < -0.39 is 29.5 Å². The number of anilines is 1. The second kappa shape index (κ2) is 4.53. The van der Waals surface area contributed by atoms with Gasteiger partial charge in [-0.3, -0.25) is 4.98 Å². The molecule has 0 aliphatic carbocycles. The summed E-state index contributed by atoms with van der Waals surface area (Å²) < 4.78 is 62.2. The molecule has 3 nitrogen and oxygen atoms in total. The second-order valence-electron chi connectivity index (χ2n) is 3.09. The maximum atomic E-state index is 12.5. The highest BCUT2D eigenvalue weighted by atomic mass is 19.4. The Bertz CT molecular complexity index is 461. The number of alkyl halides is 5. The van der Waals surface area contributed by atoms with Crippen LogP contribution in [0.3, 0.4) is 0 Å². The summed E-state index contributed by atoms with van der Waals surface area (Å²) in [7, 11) is 0. The Kier molecular flexibility index (Phi) is 3.50. The number of pyridine rings is 1. The van der Waals surface area contributed by atoms with Gasteiger partial charge in [-0.25, -0.2) is 8.78 Å². The number of hydrogen-bond acceptors (Lipinski definition) is 3. The molecule has 1 aromatic heterocycles. The first-order chi connectivity index (χ1) is 7.79. The van der Waals surface area contributed by atoms with Crippen LogP contribution < -0.4 is 5.73 Å². The molecule has 0 bridgehead atoms. The minimum Gasteiger partial charge on any atom is -0.398 e. The van der Waals surface area contributed by atoms with Gasteiger partial charge in [-0.15, -0.1) is 0 Å². The smallest absolute Gasteiger partial charge is 0.398 e. The van der Waals surface area contributed by atoms with Gasteiger partial charge < -0.3 is 5.73 Å². The van der Waals surface area contributed by atoms with Crippen LogP contribution >= 0.6 is 0 Å². The van der Waals surface area contributed by atoms with E-state index in [9.17, 15) is 22.0 Å². The molecule has 0 aromatic carbocycles. The van der Waals surface area contributed by atoms with Crippen molar-refractivity contribution in [3.63, 3.8) is 0 Å². The average molecular weight is 251 g/mol. The number of nitriles is 1. The number of nitrogen functional groups attached to an aromatic ring is 1. The van der Waals surface area contributed by atoms with Crippen molar-refractivity contribution in [3.05, 3.63) is 23.0 Å². The Morgan fingerprint density at radius 1 is 1.41 bits per heavy atom. The van der Waals surface area contributed by atoms with Gasteiger partial charge in [0.15, 0.2) is 5.69 Å². The molecule has 0 spiro atoms. The summed E-state index contributed by atoms with van der Waals surface area (Å²) in [6, 6.07) is 1.60. The summed E-state index contributed by atoms with van der Waals surface area (Å²) in [4.78, 5) is 2.91. The SMILES string of the molecule is N#CCc1cnc(C(F)(F)F)c(C(F)F)c1N. The van der Waals surface area contributed by atoms with Gasteiger partial charge in [0, 0.05) is 17.4 Å². The summed E-state index contributed by atoms with van der Waals surface area (Å²) in [6.07, 6.45) is -8.10. The van der Waals surface area contributed by atoms with Crippen molar-refractivity contribution in [3.8, 4) is 6.07 Å². The standard InChI is InChI=1S/C9H6F5N3/c10-8(11)5-6(16)4(1-2-15)3-17-7(5)9(12,13)14/h3,8H,1H2,(H2,16,17). The van der Waals surface area contributed by atoms with Crippen LogP contribution in [0.25, 0.3) is 0 Å². The van der Waals surface area contributed by atoms with Crippen LogP contribution in [-0.2, 0) is 12.6 Å². The molecule has 0 fully saturated rings. The van der Waals surface area contributed by atoms with Crippen molar-refractivity contribution in [2.45, 2.75) is 19.0 Å². The third-order valence-electron chi connectivity index (χ3n) is 2.00. The quantitative estimate of drug-likeness (QED) is 0.822. The van der Waals surface area contributed by atoms with E-state index in [4.69, 9.17) is 11.0 Å². The van der Waals surface area contributed by atoms with Gasteiger partial charge in [0.05, 0.1) is 18.1 Å². The van der Waals surface area contributed by atoms with E-state index in [1.54, 1.807) is 6.07 Å². The van der Waals surface area contributed by atoms with Gasteiger partial charge in [0.1, 0.15) is 0 Å². The zero-order valence-electron chi connectivity index (χ0n) is 8.22. The van der Waals surface area contributed by atoms with Gasteiger partial charge in [0.25, 0.3) is 6.43 Å². The number of halogens is 5. The zero-order valence-corrected chi connectivity index (χ0v) is 8.22. The molecule has 0 radical (unpaired) electrons. The molecule has 0 aliphatic heterocycles. The Hall–Kier alpha value is -1.91. The fourth-order valence-corrected chi connectivity index (χ4v) is 1.25. The molecule has 0 saturated carbocycles. The van der Waals surface area contributed by atoms with E-state index in [2.05, 4.69) is 4.98 Å². The zero-order chi connectivity index (χ0) is 13.2. The highest BCUT2D eigenvalue weighted by molar-refractivity contribution is 5.56. The number of rotatable bonds is 2. The molecule has 0 amide bonds. The summed E-state index contributed by atoms with van der Waals surface area (Å²) in [5.41, 5.74) is 1.24. The van der Waals surface area contributed by atoms with Crippen molar-refractivity contribution in [1.82, 2.24) is 4.98 Å². The summed E-state index contributed by atoms with van der Waals surface area (Å²) in [5, 5.41) is 8.36. The van der Waals surface area contributed by atoms with Crippen molar-refractivity contribution in [1.29, 1.82) is 5.26 Å². The highest BCUT2D eigenvalue weighted by Gasteiger charge is 2.39. The van der Waals surface area contributed by atoms with Crippen LogP contribution in [0, 0.1) is 11.3 Å². The van der Waals surface area contributed by atoms with Gasteiger partial charge in [-0.1, -0.05) is 0 Å². The maximum Gasteiger partial charge on any atom is 0.433 e. The highest BCUT2D eigenvalue weighted by Crippen LogP contribution is 2.38. The van der Waals surface area contributed by atoms with Crippen LogP contribution in [0.15, 0.2) is 6.20 Å².